The summed E-state index contributed by atoms with van der Waals surface area (Å²) in [6.07, 6.45) is 4.03. The largest absolute Gasteiger partial charge is 0.363 e. The van der Waals surface area contributed by atoms with Gasteiger partial charge in [0.15, 0.2) is 0 Å². The second-order valence-corrected chi connectivity index (χ2v) is 5.55. The van der Waals surface area contributed by atoms with Crippen LogP contribution in [0.25, 0.3) is 0 Å². The van der Waals surface area contributed by atoms with Crippen LogP contribution in [-0.2, 0) is 0 Å². The Kier molecular flexibility index (Phi) is 4.60. The Morgan fingerprint density at radius 2 is 2.00 bits per heavy atom. The molecular formula is C15H23N3O2. The number of nitro benzene ring substituents is 1. The van der Waals surface area contributed by atoms with E-state index in [1.54, 1.807) is 12.1 Å². The SMILES string of the molecule is CCN(c1c(C)cccc1[N+](=O)[O-])C1CCC(N)CC1. The summed E-state index contributed by atoms with van der Waals surface area (Å²) in [5.74, 6) is 0. The third-order valence-corrected chi connectivity index (χ3v) is 4.22. The van der Waals surface area contributed by atoms with E-state index in [4.69, 9.17) is 5.73 Å². The fourth-order valence-electron chi connectivity index (χ4n) is 3.18. The third kappa shape index (κ3) is 2.93. The quantitative estimate of drug-likeness (QED) is 0.678. The number of para-hydroxylation sites is 1. The first kappa shape index (κ1) is 14.8. The molecule has 0 spiro atoms. The number of nitro groups is 1. The maximum atomic E-state index is 11.3. The molecule has 0 radical (unpaired) electrons. The number of aryl methyl sites for hydroxylation is 1. The van der Waals surface area contributed by atoms with E-state index in [1.807, 2.05) is 13.0 Å². The zero-order chi connectivity index (χ0) is 14.7. The van der Waals surface area contributed by atoms with E-state index in [2.05, 4.69) is 11.8 Å². The van der Waals surface area contributed by atoms with Gasteiger partial charge in [-0.3, -0.25) is 10.1 Å². The lowest BCUT2D eigenvalue weighted by atomic mass is 9.90. The molecule has 1 aliphatic rings. The van der Waals surface area contributed by atoms with Gasteiger partial charge in [-0.05, 0) is 45.1 Å². The fourth-order valence-corrected chi connectivity index (χ4v) is 3.18. The van der Waals surface area contributed by atoms with Crippen LogP contribution in [0, 0.1) is 17.0 Å². The Morgan fingerprint density at radius 1 is 1.35 bits per heavy atom. The molecule has 1 fully saturated rings. The van der Waals surface area contributed by atoms with Crippen LogP contribution in [0.1, 0.15) is 38.2 Å². The highest BCUT2D eigenvalue weighted by atomic mass is 16.6. The molecule has 0 atom stereocenters. The van der Waals surface area contributed by atoms with Gasteiger partial charge in [-0.25, -0.2) is 0 Å². The second kappa shape index (κ2) is 6.22. The van der Waals surface area contributed by atoms with Crippen molar-refractivity contribution >= 4 is 11.4 Å². The van der Waals surface area contributed by atoms with Crippen molar-refractivity contribution in [2.24, 2.45) is 5.73 Å². The zero-order valence-corrected chi connectivity index (χ0v) is 12.2. The van der Waals surface area contributed by atoms with Crippen molar-refractivity contribution in [2.75, 3.05) is 11.4 Å². The van der Waals surface area contributed by atoms with Crippen LogP contribution in [-0.4, -0.2) is 23.6 Å². The summed E-state index contributed by atoms with van der Waals surface area (Å²) in [4.78, 5) is 13.2. The maximum absolute atomic E-state index is 11.3. The van der Waals surface area contributed by atoms with Gasteiger partial charge in [-0.2, -0.15) is 0 Å². The predicted octanol–water partition coefficient (Wildman–Crippen LogP) is 3.00. The zero-order valence-electron chi connectivity index (χ0n) is 12.2. The molecule has 0 unspecified atom stereocenters. The summed E-state index contributed by atoms with van der Waals surface area (Å²) in [6.45, 7) is 4.79. The number of nitrogens with two attached hydrogens (primary N) is 1. The summed E-state index contributed by atoms with van der Waals surface area (Å²) >= 11 is 0. The molecule has 0 heterocycles. The van der Waals surface area contributed by atoms with Gasteiger partial charge in [-0.1, -0.05) is 12.1 Å². The van der Waals surface area contributed by atoms with Gasteiger partial charge in [0.2, 0.25) is 0 Å². The summed E-state index contributed by atoms with van der Waals surface area (Å²) < 4.78 is 0. The first-order valence-corrected chi connectivity index (χ1v) is 7.30. The topological polar surface area (TPSA) is 72.4 Å². The molecule has 1 aromatic rings. The molecule has 1 aromatic carbocycles. The molecule has 5 nitrogen and oxygen atoms in total. The maximum Gasteiger partial charge on any atom is 0.292 e. The van der Waals surface area contributed by atoms with Crippen molar-refractivity contribution in [1.82, 2.24) is 0 Å². The van der Waals surface area contributed by atoms with Gasteiger partial charge >= 0.3 is 0 Å². The summed E-state index contributed by atoms with van der Waals surface area (Å²) in [5, 5.41) is 11.3. The molecule has 0 amide bonds. The number of nitrogens with zero attached hydrogens (tertiary/aromatic N) is 2. The molecule has 2 rings (SSSR count). The lowest BCUT2D eigenvalue weighted by molar-refractivity contribution is -0.384. The highest BCUT2D eigenvalue weighted by Crippen LogP contribution is 2.35. The van der Waals surface area contributed by atoms with Gasteiger partial charge in [0, 0.05) is 24.7 Å². The van der Waals surface area contributed by atoms with E-state index in [9.17, 15) is 10.1 Å². The smallest absolute Gasteiger partial charge is 0.292 e. The molecule has 0 saturated heterocycles. The normalized spacial score (nSPS) is 22.6. The Balaban J connectivity index is 2.34. The molecule has 1 saturated carbocycles. The average molecular weight is 277 g/mol. The number of benzene rings is 1. The Hall–Kier alpha value is -1.62. The van der Waals surface area contributed by atoms with E-state index < -0.39 is 0 Å². The van der Waals surface area contributed by atoms with Gasteiger partial charge in [-0.15, -0.1) is 0 Å². The minimum absolute atomic E-state index is 0.210. The van der Waals surface area contributed by atoms with Crippen LogP contribution in [0.5, 0.6) is 0 Å². The van der Waals surface area contributed by atoms with Crippen LogP contribution in [0.2, 0.25) is 0 Å². The monoisotopic (exact) mass is 277 g/mol. The first-order chi connectivity index (χ1) is 9.54. The highest BCUT2D eigenvalue weighted by Gasteiger charge is 2.28. The lowest BCUT2D eigenvalue weighted by Crippen LogP contribution is -2.41. The van der Waals surface area contributed by atoms with Crippen molar-refractivity contribution in [3.8, 4) is 0 Å². The Labute approximate surface area is 119 Å². The van der Waals surface area contributed by atoms with Crippen LogP contribution < -0.4 is 10.6 Å². The van der Waals surface area contributed by atoms with Crippen molar-refractivity contribution in [1.29, 1.82) is 0 Å². The molecule has 0 bridgehead atoms. The van der Waals surface area contributed by atoms with Crippen LogP contribution in [0.3, 0.4) is 0 Å². The molecule has 20 heavy (non-hydrogen) atoms. The summed E-state index contributed by atoms with van der Waals surface area (Å²) in [5.41, 5.74) is 7.92. The van der Waals surface area contributed by atoms with E-state index in [0.29, 0.717) is 6.04 Å². The van der Waals surface area contributed by atoms with Crippen molar-refractivity contribution in [3.63, 3.8) is 0 Å². The minimum Gasteiger partial charge on any atom is -0.363 e. The van der Waals surface area contributed by atoms with Crippen molar-refractivity contribution in [2.45, 2.75) is 51.6 Å². The Morgan fingerprint density at radius 3 is 2.55 bits per heavy atom. The molecule has 110 valence electrons. The minimum atomic E-state index is -0.278. The van der Waals surface area contributed by atoms with Crippen molar-refractivity contribution in [3.05, 3.63) is 33.9 Å². The molecular weight excluding hydrogens is 254 g/mol. The average Bonchev–Trinajstić information content (AvgIpc) is 2.43. The van der Waals surface area contributed by atoms with Crippen molar-refractivity contribution < 1.29 is 4.92 Å². The predicted molar refractivity (Wildman–Crippen MR) is 81.1 cm³/mol. The number of hydrogen-bond acceptors (Lipinski definition) is 4. The number of hydrogen-bond donors (Lipinski definition) is 1. The molecule has 1 aliphatic carbocycles. The van der Waals surface area contributed by atoms with Gasteiger partial charge in [0.1, 0.15) is 5.69 Å². The van der Waals surface area contributed by atoms with E-state index in [0.717, 1.165) is 43.5 Å². The molecule has 0 aromatic heterocycles. The lowest BCUT2D eigenvalue weighted by Gasteiger charge is -2.37. The third-order valence-electron chi connectivity index (χ3n) is 4.22. The molecule has 2 N–H and O–H groups in total. The van der Waals surface area contributed by atoms with Crippen LogP contribution in [0.15, 0.2) is 18.2 Å². The first-order valence-electron chi connectivity index (χ1n) is 7.30. The van der Waals surface area contributed by atoms with Gasteiger partial charge in [0.25, 0.3) is 5.69 Å². The van der Waals surface area contributed by atoms with E-state index in [1.165, 1.54) is 0 Å². The fraction of sp³-hybridized carbons (Fsp3) is 0.600. The number of rotatable bonds is 4. The van der Waals surface area contributed by atoms with Gasteiger partial charge < -0.3 is 10.6 Å². The second-order valence-electron chi connectivity index (χ2n) is 5.55. The standard InChI is InChI=1S/C15H23N3O2/c1-3-17(13-9-7-12(16)8-10-13)15-11(2)5-4-6-14(15)18(19)20/h4-6,12-13H,3,7-10,16H2,1-2H3. The van der Waals surface area contributed by atoms with E-state index >= 15 is 0 Å². The van der Waals surface area contributed by atoms with Crippen LogP contribution in [0.4, 0.5) is 11.4 Å². The highest BCUT2D eigenvalue weighted by molar-refractivity contribution is 5.68. The molecule has 0 aliphatic heterocycles. The number of anilines is 1. The van der Waals surface area contributed by atoms with Gasteiger partial charge in [0.05, 0.1) is 4.92 Å². The van der Waals surface area contributed by atoms with E-state index in [-0.39, 0.29) is 16.7 Å². The molecule has 5 heteroatoms. The Bertz CT molecular complexity index is 482. The van der Waals surface area contributed by atoms with Crippen LogP contribution >= 0.6 is 0 Å². The summed E-state index contributed by atoms with van der Waals surface area (Å²) in [7, 11) is 0. The summed E-state index contributed by atoms with van der Waals surface area (Å²) in [6, 6.07) is 5.94.